The summed E-state index contributed by atoms with van der Waals surface area (Å²) in [6, 6.07) is 11.8. The van der Waals surface area contributed by atoms with Crippen LogP contribution in [0, 0.1) is 18.7 Å². The molecule has 2 amide bonds. The maximum Gasteiger partial charge on any atom is 0.229 e. The molecule has 0 bridgehead atoms. The number of carbonyl (C=O) groups excluding carboxylic acids is 2. The third-order valence-corrected chi connectivity index (χ3v) is 5.04. The Morgan fingerprint density at radius 1 is 1.31 bits per heavy atom. The van der Waals surface area contributed by atoms with Crippen LogP contribution in [0.25, 0.3) is 0 Å². The summed E-state index contributed by atoms with van der Waals surface area (Å²) in [5.74, 6) is -0.969. The normalized spacial score (nSPS) is 16.8. The number of hydrogen-bond acceptors (Lipinski definition) is 2. The molecule has 1 N–H and O–H groups in total. The van der Waals surface area contributed by atoms with Gasteiger partial charge in [-0.3, -0.25) is 9.59 Å². The molecule has 1 fully saturated rings. The molecule has 136 valence electrons. The highest BCUT2D eigenvalue weighted by Gasteiger charge is 2.34. The summed E-state index contributed by atoms with van der Waals surface area (Å²) < 4.78 is 13.7. The third kappa shape index (κ3) is 4.22. The van der Waals surface area contributed by atoms with Gasteiger partial charge in [0.1, 0.15) is 5.82 Å². The predicted molar refractivity (Wildman–Crippen MR) is 99.6 cm³/mol. The van der Waals surface area contributed by atoms with E-state index in [-0.39, 0.29) is 24.1 Å². The summed E-state index contributed by atoms with van der Waals surface area (Å²) in [5.41, 5.74) is 2.12. The standard InChI is InChI=1S/C20H20ClFN2O2/c1-13-6-7-16(11-17(13)21)23-20(26)15-10-19(25)24(12-15)9-8-14-4-2-3-5-18(14)22/h2-7,11,15H,8-10,12H2,1H3,(H,23,26). The van der Waals surface area contributed by atoms with Crippen LogP contribution in [0.4, 0.5) is 10.1 Å². The van der Waals surface area contributed by atoms with E-state index < -0.39 is 5.92 Å². The number of rotatable bonds is 5. The fraction of sp³-hybridized carbons (Fsp3) is 0.300. The molecule has 1 heterocycles. The SMILES string of the molecule is Cc1ccc(NC(=O)C2CC(=O)N(CCc3ccccc3F)C2)cc1Cl. The largest absolute Gasteiger partial charge is 0.342 e. The number of likely N-dealkylation sites (tertiary alicyclic amines) is 1. The van der Waals surface area contributed by atoms with Gasteiger partial charge >= 0.3 is 0 Å². The van der Waals surface area contributed by atoms with Crippen molar-refractivity contribution in [1.29, 1.82) is 0 Å². The summed E-state index contributed by atoms with van der Waals surface area (Å²) in [7, 11) is 0. The van der Waals surface area contributed by atoms with E-state index in [0.29, 0.717) is 35.8 Å². The third-order valence-electron chi connectivity index (χ3n) is 4.63. The first-order valence-corrected chi connectivity index (χ1v) is 8.90. The van der Waals surface area contributed by atoms with Gasteiger partial charge in [-0.1, -0.05) is 35.9 Å². The van der Waals surface area contributed by atoms with Crippen LogP contribution >= 0.6 is 11.6 Å². The second-order valence-corrected chi connectivity index (χ2v) is 6.94. The number of anilines is 1. The monoisotopic (exact) mass is 374 g/mol. The fourth-order valence-electron chi connectivity index (χ4n) is 3.04. The van der Waals surface area contributed by atoms with Crippen LogP contribution in [0.2, 0.25) is 5.02 Å². The number of benzene rings is 2. The lowest BCUT2D eigenvalue weighted by Crippen LogP contribution is -2.30. The minimum absolute atomic E-state index is 0.0802. The van der Waals surface area contributed by atoms with E-state index in [1.165, 1.54) is 6.07 Å². The van der Waals surface area contributed by atoms with Crippen molar-refractivity contribution in [2.45, 2.75) is 19.8 Å². The van der Waals surface area contributed by atoms with Crippen molar-refractivity contribution >= 4 is 29.1 Å². The molecule has 0 aromatic heterocycles. The van der Waals surface area contributed by atoms with Crippen molar-refractivity contribution < 1.29 is 14.0 Å². The van der Waals surface area contributed by atoms with Crippen LogP contribution in [0.15, 0.2) is 42.5 Å². The van der Waals surface area contributed by atoms with Crippen LogP contribution in [-0.2, 0) is 16.0 Å². The summed E-state index contributed by atoms with van der Waals surface area (Å²) in [6.07, 6.45) is 0.600. The molecule has 0 aliphatic carbocycles. The molecule has 4 nitrogen and oxygen atoms in total. The number of amides is 2. The molecule has 0 saturated carbocycles. The fourth-order valence-corrected chi connectivity index (χ4v) is 3.22. The van der Waals surface area contributed by atoms with E-state index in [9.17, 15) is 14.0 Å². The molecule has 1 saturated heterocycles. The first kappa shape index (κ1) is 18.4. The lowest BCUT2D eigenvalue weighted by atomic mass is 10.1. The first-order chi connectivity index (χ1) is 12.4. The summed E-state index contributed by atoms with van der Waals surface area (Å²) in [4.78, 5) is 26.2. The van der Waals surface area contributed by atoms with E-state index >= 15 is 0 Å². The summed E-state index contributed by atoms with van der Waals surface area (Å²) in [5, 5.41) is 3.39. The lowest BCUT2D eigenvalue weighted by molar-refractivity contribution is -0.128. The Balaban J connectivity index is 1.57. The Bertz CT molecular complexity index is 840. The van der Waals surface area contributed by atoms with Crippen molar-refractivity contribution in [2.75, 3.05) is 18.4 Å². The molecule has 1 aliphatic heterocycles. The van der Waals surface area contributed by atoms with Crippen LogP contribution < -0.4 is 5.32 Å². The van der Waals surface area contributed by atoms with Gasteiger partial charge < -0.3 is 10.2 Å². The van der Waals surface area contributed by atoms with Crippen molar-refractivity contribution in [3.63, 3.8) is 0 Å². The smallest absolute Gasteiger partial charge is 0.229 e. The van der Waals surface area contributed by atoms with Crippen LogP contribution in [0.5, 0.6) is 0 Å². The number of halogens is 2. The molecule has 2 aromatic rings. The van der Waals surface area contributed by atoms with Crippen molar-refractivity contribution in [3.8, 4) is 0 Å². The first-order valence-electron chi connectivity index (χ1n) is 8.52. The number of nitrogens with one attached hydrogen (secondary N) is 1. The second kappa shape index (κ2) is 7.87. The summed E-state index contributed by atoms with van der Waals surface area (Å²) in [6.45, 7) is 2.63. The highest BCUT2D eigenvalue weighted by atomic mass is 35.5. The van der Waals surface area contributed by atoms with Crippen LogP contribution in [0.3, 0.4) is 0 Å². The van der Waals surface area contributed by atoms with Gasteiger partial charge in [-0.15, -0.1) is 0 Å². The van der Waals surface area contributed by atoms with Gasteiger partial charge in [0.15, 0.2) is 0 Å². The molecule has 6 heteroatoms. The molecule has 0 radical (unpaired) electrons. The molecule has 1 unspecified atom stereocenters. The summed E-state index contributed by atoms with van der Waals surface area (Å²) >= 11 is 6.07. The maximum atomic E-state index is 13.7. The van der Waals surface area contributed by atoms with Crippen LogP contribution in [0.1, 0.15) is 17.5 Å². The molecule has 2 aromatic carbocycles. The van der Waals surface area contributed by atoms with Gasteiger partial charge in [-0.05, 0) is 42.7 Å². The Morgan fingerprint density at radius 2 is 2.08 bits per heavy atom. The predicted octanol–water partition coefficient (Wildman–Crippen LogP) is 3.82. The molecular weight excluding hydrogens is 355 g/mol. The highest BCUT2D eigenvalue weighted by Crippen LogP contribution is 2.23. The quantitative estimate of drug-likeness (QED) is 0.865. The topological polar surface area (TPSA) is 49.4 Å². The molecule has 0 spiro atoms. The van der Waals surface area contributed by atoms with E-state index in [1.807, 2.05) is 13.0 Å². The Kier molecular flexibility index (Phi) is 5.57. The Labute approximate surface area is 157 Å². The van der Waals surface area contributed by atoms with Gasteiger partial charge in [0.25, 0.3) is 0 Å². The van der Waals surface area contributed by atoms with Crippen molar-refractivity contribution in [2.24, 2.45) is 5.92 Å². The zero-order chi connectivity index (χ0) is 18.7. The number of hydrogen-bond donors (Lipinski definition) is 1. The molecule has 26 heavy (non-hydrogen) atoms. The Morgan fingerprint density at radius 3 is 2.81 bits per heavy atom. The van der Waals surface area contributed by atoms with Crippen molar-refractivity contribution in [3.05, 3.63) is 64.4 Å². The number of carbonyl (C=O) groups is 2. The van der Waals surface area contributed by atoms with Gasteiger partial charge in [-0.2, -0.15) is 0 Å². The minimum Gasteiger partial charge on any atom is -0.342 e. The lowest BCUT2D eigenvalue weighted by Gasteiger charge is -2.17. The molecule has 3 rings (SSSR count). The van der Waals surface area contributed by atoms with Gasteiger partial charge in [0.2, 0.25) is 11.8 Å². The molecule has 1 aliphatic rings. The van der Waals surface area contributed by atoms with E-state index in [4.69, 9.17) is 11.6 Å². The zero-order valence-corrected chi connectivity index (χ0v) is 15.2. The Hall–Kier alpha value is -2.40. The van der Waals surface area contributed by atoms with Gasteiger partial charge in [0, 0.05) is 30.2 Å². The zero-order valence-electron chi connectivity index (χ0n) is 14.5. The highest BCUT2D eigenvalue weighted by molar-refractivity contribution is 6.31. The van der Waals surface area contributed by atoms with E-state index in [0.717, 1.165) is 5.56 Å². The van der Waals surface area contributed by atoms with Gasteiger partial charge in [-0.25, -0.2) is 4.39 Å². The molecular formula is C20H20ClFN2O2. The average Bonchev–Trinajstić information content (AvgIpc) is 2.98. The molecule has 1 atom stereocenters. The van der Waals surface area contributed by atoms with Crippen LogP contribution in [-0.4, -0.2) is 29.8 Å². The second-order valence-electron chi connectivity index (χ2n) is 6.54. The van der Waals surface area contributed by atoms with E-state index in [1.54, 1.807) is 35.2 Å². The number of aryl methyl sites for hydroxylation is 1. The van der Waals surface area contributed by atoms with E-state index in [2.05, 4.69) is 5.32 Å². The average molecular weight is 375 g/mol. The minimum atomic E-state index is -0.414. The number of nitrogens with zero attached hydrogens (tertiary/aromatic N) is 1. The van der Waals surface area contributed by atoms with Gasteiger partial charge in [0.05, 0.1) is 5.92 Å². The maximum absolute atomic E-state index is 13.7. The van der Waals surface area contributed by atoms with Crippen molar-refractivity contribution in [1.82, 2.24) is 4.90 Å².